The number of nitrogens with two attached hydrogens (primary N) is 1. The van der Waals surface area contributed by atoms with E-state index >= 15 is 0 Å². The van der Waals surface area contributed by atoms with Crippen LogP contribution in [0.1, 0.15) is 46.5 Å². The highest BCUT2D eigenvalue weighted by atomic mass is 16.6. The molecule has 0 bridgehead atoms. The molecule has 17 heavy (non-hydrogen) atoms. The predicted molar refractivity (Wildman–Crippen MR) is 67.4 cm³/mol. The molecule has 0 aromatic heterocycles. The van der Waals surface area contributed by atoms with Gasteiger partial charge in [0.1, 0.15) is 5.60 Å². The van der Waals surface area contributed by atoms with Crippen molar-refractivity contribution in [1.82, 2.24) is 10.3 Å². The van der Waals surface area contributed by atoms with E-state index in [0.717, 1.165) is 32.4 Å². The number of piperidine rings is 1. The van der Waals surface area contributed by atoms with Crippen molar-refractivity contribution in [2.75, 3.05) is 13.1 Å². The molecule has 1 atom stereocenters. The summed E-state index contributed by atoms with van der Waals surface area (Å²) in [5.74, 6) is 5.28. The van der Waals surface area contributed by atoms with Crippen molar-refractivity contribution in [1.29, 1.82) is 0 Å². The molecule has 0 aromatic rings. The van der Waals surface area contributed by atoms with Crippen LogP contribution in [0.25, 0.3) is 0 Å². The number of nitrogens with zero attached hydrogens (tertiary/aromatic N) is 1. The van der Waals surface area contributed by atoms with Gasteiger partial charge in [0.2, 0.25) is 0 Å². The Bertz CT molecular complexity index is 251. The normalized spacial score (nSPS) is 21.4. The van der Waals surface area contributed by atoms with Crippen LogP contribution in [-0.2, 0) is 4.74 Å². The summed E-state index contributed by atoms with van der Waals surface area (Å²) in [5, 5.41) is 0. The average Bonchev–Trinajstić information content (AvgIpc) is 2.24. The first-order valence-electron chi connectivity index (χ1n) is 6.37. The van der Waals surface area contributed by atoms with E-state index in [2.05, 4.69) is 5.43 Å². The van der Waals surface area contributed by atoms with Gasteiger partial charge in [0.05, 0.1) is 0 Å². The first-order chi connectivity index (χ1) is 7.94. The quantitative estimate of drug-likeness (QED) is 0.584. The highest BCUT2D eigenvalue weighted by molar-refractivity contribution is 5.68. The van der Waals surface area contributed by atoms with E-state index in [9.17, 15) is 4.79 Å². The summed E-state index contributed by atoms with van der Waals surface area (Å²) in [6, 6.07) is 0.259. The second-order valence-electron chi connectivity index (χ2n) is 5.57. The molecule has 1 fully saturated rings. The van der Waals surface area contributed by atoms with E-state index in [4.69, 9.17) is 10.6 Å². The minimum Gasteiger partial charge on any atom is -0.444 e. The van der Waals surface area contributed by atoms with Crippen LogP contribution in [0, 0.1) is 0 Å². The predicted octanol–water partition coefficient (Wildman–Crippen LogP) is 1.63. The number of carbonyl (C=O) groups excluding carboxylic acids is 1. The molecule has 0 radical (unpaired) electrons. The summed E-state index contributed by atoms with van der Waals surface area (Å²) in [4.78, 5) is 13.9. The first-order valence-corrected chi connectivity index (χ1v) is 6.37. The van der Waals surface area contributed by atoms with Gasteiger partial charge in [0, 0.05) is 19.1 Å². The summed E-state index contributed by atoms with van der Waals surface area (Å²) >= 11 is 0. The molecule has 5 nitrogen and oxygen atoms in total. The largest absolute Gasteiger partial charge is 0.444 e. The van der Waals surface area contributed by atoms with E-state index in [1.54, 1.807) is 0 Å². The number of ether oxygens (including phenoxy) is 1. The molecule has 1 unspecified atom stereocenters. The zero-order chi connectivity index (χ0) is 12.9. The lowest BCUT2D eigenvalue weighted by Crippen LogP contribution is -2.47. The van der Waals surface area contributed by atoms with Gasteiger partial charge in [-0.3, -0.25) is 11.3 Å². The Kier molecular flexibility index (Phi) is 5.21. The van der Waals surface area contributed by atoms with E-state index in [1.165, 1.54) is 6.42 Å². The van der Waals surface area contributed by atoms with Crippen LogP contribution in [0.3, 0.4) is 0 Å². The van der Waals surface area contributed by atoms with Gasteiger partial charge in [0.15, 0.2) is 0 Å². The summed E-state index contributed by atoms with van der Waals surface area (Å²) < 4.78 is 5.42. The molecule has 0 aromatic carbocycles. The Morgan fingerprint density at radius 2 is 2.18 bits per heavy atom. The second-order valence-corrected chi connectivity index (χ2v) is 5.57. The van der Waals surface area contributed by atoms with Crippen molar-refractivity contribution in [2.24, 2.45) is 5.84 Å². The van der Waals surface area contributed by atoms with Crippen molar-refractivity contribution >= 4 is 6.09 Å². The number of hydrogen-bond donors (Lipinski definition) is 2. The lowest BCUT2D eigenvalue weighted by Gasteiger charge is -2.36. The molecule has 100 valence electrons. The molecule has 1 aliphatic rings. The molecule has 5 heteroatoms. The third-order valence-corrected chi connectivity index (χ3v) is 2.88. The van der Waals surface area contributed by atoms with Gasteiger partial charge in [-0.25, -0.2) is 4.79 Å². The Morgan fingerprint density at radius 1 is 1.47 bits per heavy atom. The van der Waals surface area contributed by atoms with Gasteiger partial charge in [-0.05, 0) is 46.5 Å². The van der Waals surface area contributed by atoms with Gasteiger partial charge in [-0.15, -0.1) is 0 Å². The van der Waals surface area contributed by atoms with Gasteiger partial charge in [-0.2, -0.15) is 0 Å². The Hall–Kier alpha value is -0.810. The summed E-state index contributed by atoms with van der Waals surface area (Å²) in [5.41, 5.74) is 2.22. The molecule has 1 heterocycles. The molecular formula is C12H25N3O2. The lowest BCUT2D eigenvalue weighted by molar-refractivity contribution is 0.00894. The number of rotatable bonds is 3. The van der Waals surface area contributed by atoms with Gasteiger partial charge >= 0.3 is 6.09 Å². The Morgan fingerprint density at radius 3 is 2.76 bits per heavy atom. The van der Waals surface area contributed by atoms with Crippen LogP contribution < -0.4 is 11.3 Å². The standard InChI is InChI=1S/C12H25N3O2/c1-12(2,3)17-11(16)15-9-5-4-6-10(15)7-8-14-13/h10,14H,4-9,13H2,1-3H3. The van der Waals surface area contributed by atoms with Gasteiger partial charge in [0.25, 0.3) is 0 Å². The number of hydrazine groups is 1. The van der Waals surface area contributed by atoms with E-state index in [0.29, 0.717) is 0 Å². The zero-order valence-electron chi connectivity index (χ0n) is 11.2. The number of likely N-dealkylation sites (tertiary alicyclic amines) is 1. The van der Waals surface area contributed by atoms with Crippen molar-refractivity contribution in [3.05, 3.63) is 0 Å². The fourth-order valence-corrected chi connectivity index (χ4v) is 2.11. The van der Waals surface area contributed by atoms with Crippen molar-refractivity contribution in [2.45, 2.75) is 58.1 Å². The van der Waals surface area contributed by atoms with Crippen molar-refractivity contribution < 1.29 is 9.53 Å². The maximum absolute atomic E-state index is 12.0. The highest BCUT2D eigenvalue weighted by Gasteiger charge is 2.29. The second kappa shape index (κ2) is 6.21. The minimum absolute atomic E-state index is 0.195. The highest BCUT2D eigenvalue weighted by Crippen LogP contribution is 2.22. The topological polar surface area (TPSA) is 67.6 Å². The summed E-state index contributed by atoms with van der Waals surface area (Å²) in [7, 11) is 0. The molecular weight excluding hydrogens is 218 g/mol. The zero-order valence-corrected chi connectivity index (χ0v) is 11.2. The summed E-state index contributed by atoms with van der Waals surface area (Å²) in [6.07, 6.45) is 3.97. The number of amides is 1. The van der Waals surface area contributed by atoms with Crippen LogP contribution in [0.15, 0.2) is 0 Å². The minimum atomic E-state index is -0.425. The Balaban J connectivity index is 2.54. The van der Waals surface area contributed by atoms with Crippen LogP contribution in [-0.4, -0.2) is 35.7 Å². The van der Waals surface area contributed by atoms with Gasteiger partial charge in [-0.1, -0.05) is 0 Å². The van der Waals surface area contributed by atoms with Crippen molar-refractivity contribution in [3.8, 4) is 0 Å². The molecule has 0 saturated carbocycles. The van der Waals surface area contributed by atoms with Crippen molar-refractivity contribution in [3.63, 3.8) is 0 Å². The molecule has 1 saturated heterocycles. The smallest absolute Gasteiger partial charge is 0.410 e. The SMILES string of the molecule is CC(C)(C)OC(=O)N1CCCCC1CCNN. The molecule has 1 amide bonds. The van der Waals surface area contributed by atoms with Crippen LogP contribution >= 0.6 is 0 Å². The maximum atomic E-state index is 12.0. The summed E-state index contributed by atoms with van der Waals surface area (Å²) in [6.45, 7) is 7.20. The van der Waals surface area contributed by atoms with E-state index in [-0.39, 0.29) is 12.1 Å². The first kappa shape index (κ1) is 14.3. The molecule has 1 rings (SSSR count). The average molecular weight is 243 g/mol. The van der Waals surface area contributed by atoms with E-state index in [1.807, 2.05) is 25.7 Å². The molecule has 3 N–H and O–H groups in total. The lowest BCUT2D eigenvalue weighted by atomic mass is 10.00. The fourth-order valence-electron chi connectivity index (χ4n) is 2.11. The third kappa shape index (κ3) is 4.91. The molecule has 0 aliphatic carbocycles. The molecule has 1 aliphatic heterocycles. The van der Waals surface area contributed by atoms with E-state index < -0.39 is 5.60 Å². The van der Waals surface area contributed by atoms with Crippen LogP contribution in [0.5, 0.6) is 0 Å². The van der Waals surface area contributed by atoms with Crippen LogP contribution in [0.2, 0.25) is 0 Å². The van der Waals surface area contributed by atoms with Crippen LogP contribution in [0.4, 0.5) is 4.79 Å². The maximum Gasteiger partial charge on any atom is 0.410 e. The third-order valence-electron chi connectivity index (χ3n) is 2.88. The van der Waals surface area contributed by atoms with Gasteiger partial charge < -0.3 is 9.64 Å². The number of nitrogens with one attached hydrogen (secondary N) is 1. The number of hydrogen-bond acceptors (Lipinski definition) is 4. The number of carbonyl (C=O) groups is 1. The monoisotopic (exact) mass is 243 g/mol. The Labute approximate surface area is 104 Å². The fraction of sp³-hybridized carbons (Fsp3) is 0.917. The molecule has 0 spiro atoms.